The number of piperidine rings is 1. The van der Waals surface area contributed by atoms with Gasteiger partial charge in [-0.1, -0.05) is 17.7 Å². The number of rotatable bonds is 4. The fraction of sp³-hybridized carbons (Fsp3) is 0.600. The minimum absolute atomic E-state index is 0.953. The lowest BCUT2D eigenvalue weighted by Gasteiger charge is -2.22. The Morgan fingerprint density at radius 1 is 1.24 bits per heavy atom. The molecule has 0 amide bonds. The Labute approximate surface area is 109 Å². The van der Waals surface area contributed by atoms with Crippen LogP contribution in [0.3, 0.4) is 0 Å². The molecule has 0 radical (unpaired) electrons. The van der Waals surface area contributed by atoms with Gasteiger partial charge in [0.05, 0.1) is 0 Å². The Bertz CT molecular complexity index is 356. The highest BCUT2D eigenvalue weighted by Crippen LogP contribution is 2.26. The fourth-order valence-electron chi connectivity index (χ4n) is 2.47. The summed E-state index contributed by atoms with van der Waals surface area (Å²) >= 11 is 2.03. The Morgan fingerprint density at radius 3 is 2.71 bits per heavy atom. The van der Waals surface area contributed by atoms with E-state index in [1.807, 2.05) is 11.8 Å². The number of hydrogen-bond donors (Lipinski definition) is 1. The molecule has 1 aromatic carbocycles. The molecule has 0 aliphatic carbocycles. The Balaban J connectivity index is 1.77. The van der Waals surface area contributed by atoms with Crippen LogP contribution in [0.1, 0.15) is 30.4 Å². The monoisotopic (exact) mass is 249 g/mol. The molecule has 1 aliphatic heterocycles. The second kappa shape index (κ2) is 6.46. The molecule has 2 rings (SSSR count). The average Bonchev–Trinajstić information content (AvgIpc) is 2.33. The van der Waals surface area contributed by atoms with Crippen molar-refractivity contribution >= 4 is 11.8 Å². The van der Waals surface area contributed by atoms with Crippen LogP contribution in [-0.4, -0.2) is 18.8 Å². The van der Waals surface area contributed by atoms with Crippen LogP contribution >= 0.6 is 11.8 Å². The van der Waals surface area contributed by atoms with E-state index in [4.69, 9.17) is 0 Å². The van der Waals surface area contributed by atoms with E-state index in [-0.39, 0.29) is 0 Å². The molecule has 0 bridgehead atoms. The van der Waals surface area contributed by atoms with Gasteiger partial charge in [-0.05, 0) is 69.5 Å². The standard InChI is InChI=1S/C15H23NS/c1-12-3-4-15(13(2)11-12)17-10-7-14-5-8-16-9-6-14/h3-4,11,14,16H,5-10H2,1-2H3. The number of benzene rings is 1. The van der Waals surface area contributed by atoms with Crippen molar-refractivity contribution in [2.75, 3.05) is 18.8 Å². The van der Waals surface area contributed by atoms with Gasteiger partial charge in [-0.25, -0.2) is 0 Å². The minimum Gasteiger partial charge on any atom is -0.317 e. The van der Waals surface area contributed by atoms with E-state index in [1.165, 1.54) is 54.1 Å². The van der Waals surface area contributed by atoms with Gasteiger partial charge in [0.1, 0.15) is 0 Å². The number of thioether (sulfide) groups is 1. The predicted molar refractivity (Wildman–Crippen MR) is 76.9 cm³/mol. The van der Waals surface area contributed by atoms with Gasteiger partial charge in [-0.15, -0.1) is 11.8 Å². The van der Waals surface area contributed by atoms with Crippen molar-refractivity contribution in [1.82, 2.24) is 5.32 Å². The first-order valence-corrected chi connectivity index (χ1v) is 7.65. The molecule has 1 nitrogen and oxygen atoms in total. The fourth-order valence-corrected chi connectivity index (χ4v) is 3.59. The van der Waals surface area contributed by atoms with E-state index >= 15 is 0 Å². The van der Waals surface area contributed by atoms with Crippen molar-refractivity contribution in [3.63, 3.8) is 0 Å². The van der Waals surface area contributed by atoms with E-state index in [9.17, 15) is 0 Å². The molecule has 1 N–H and O–H groups in total. The Hall–Kier alpha value is -0.470. The average molecular weight is 249 g/mol. The van der Waals surface area contributed by atoms with Gasteiger partial charge >= 0.3 is 0 Å². The summed E-state index contributed by atoms with van der Waals surface area (Å²) in [7, 11) is 0. The number of aryl methyl sites for hydroxylation is 2. The first-order chi connectivity index (χ1) is 8.25. The van der Waals surface area contributed by atoms with E-state index in [0.717, 1.165) is 5.92 Å². The zero-order valence-corrected chi connectivity index (χ0v) is 11.8. The molecule has 0 unspecified atom stereocenters. The number of nitrogens with one attached hydrogen (secondary N) is 1. The van der Waals surface area contributed by atoms with Crippen molar-refractivity contribution in [1.29, 1.82) is 0 Å². The summed E-state index contributed by atoms with van der Waals surface area (Å²) in [6.07, 6.45) is 4.11. The molecule has 0 saturated carbocycles. The highest BCUT2D eigenvalue weighted by molar-refractivity contribution is 7.99. The second-order valence-corrected chi connectivity index (χ2v) is 6.24. The number of hydrogen-bond acceptors (Lipinski definition) is 2. The summed E-state index contributed by atoms with van der Waals surface area (Å²) in [5.74, 6) is 2.23. The third kappa shape index (κ3) is 4.04. The van der Waals surface area contributed by atoms with Crippen LogP contribution in [0, 0.1) is 19.8 Å². The lowest BCUT2D eigenvalue weighted by Crippen LogP contribution is -2.27. The van der Waals surface area contributed by atoms with Gasteiger partial charge in [0.15, 0.2) is 0 Å². The predicted octanol–water partition coefficient (Wildman–Crippen LogP) is 3.79. The van der Waals surface area contributed by atoms with Crippen LogP contribution in [-0.2, 0) is 0 Å². The molecule has 2 heteroatoms. The molecule has 94 valence electrons. The molecule has 1 aromatic rings. The summed E-state index contributed by atoms with van der Waals surface area (Å²) in [5.41, 5.74) is 2.80. The van der Waals surface area contributed by atoms with Crippen LogP contribution in [0.4, 0.5) is 0 Å². The van der Waals surface area contributed by atoms with Crippen LogP contribution in [0.25, 0.3) is 0 Å². The molecule has 0 spiro atoms. The van der Waals surface area contributed by atoms with Gasteiger partial charge < -0.3 is 5.32 Å². The highest BCUT2D eigenvalue weighted by Gasteiger charge is 2.12. The molecule has 1 fully saturated rings. The topological polar surface area (TPSA) is 12.0 Å². The first-order valence-electron chi connectivity index (χ1n) is 6.66. The molecule has 0 atom stereocenters. The van der Waals surface area contributed by atoms with Crippen molar-refractivity contribution < 1.29 is 0 Å². The van der Waals surface area contributed by atoms with Crippen LogP contribution < -0.4 is 5.32 Å². The maximum absolute atomic E-state index is 3.43. The van der Waals surface area contributed by atoms with Crippen LogP contribution in [0.2, 0.25) is 0 Å². The molecule has 1 aliphatic rings. The Morgan fingerprint density at radius 2 is 2.00 bits per heavy atom. The zero-order valence-electron chi connectivity index (χ0n) is 11.0. The quantitative estimate of drug-likeness (QED) is 0.815. The summed E-state index contributed by atoms with van der Waals surface area (Å²) in [6.45, 7) is 6.83. The van der Waals surface area contributed by atoms with Gasteiger partial charge in [0, 0.05) is 4.90 Å². The van der Waals surface area contributed by atoms with Crippen LogP contribution in [0.15, 0.2) is 23.1 Å². The molecular weight excluding hydrogens is 226 g/mol. The van der Waals surface area contributed by atoms with Crippen molar-refractivity contribution in [3.8, 4) is 0 Å². The van der Waals surface area contributed by atoms with Crippen molar-refractivity contribution in [2.45, 2.75) is 38.0 Å². The lowest BCUT2D eigenvalue weighted by molar-refractivity contribution is 0.367. The van der Waals surface area contributed by atoms with E-state index in [0.29, 0.717) is 0 Å². The molecule has 1 heterocycles. The summed E-state index contributed by atoms with van der Waals surface area (Å²) in [6, 6.07) is 6.78. The summed E-state index contributed by atoms with van der Waals surface area (Å²) in [4.78, 5) is 1.46. The van der Waals surface area contributed by atoms with E-state index < -0.39 is 0 Å². The van der Waals surface area contributed by atoms with E-state index in [1.54, 1.807) is 0 Å². The maximum atomic E-state index is 3.43. The molecule has 17 heavy (non-hydrogen) atoms. The van der Waals surface area contributed by atoms with Gasteiger partial charge in [0.25, 0.3) is 0 Å². The van der Waals surface area contributed by atoms with E-state index in [2.05, 4.69) is 37.4 Å². The van der Waals surface area contributed by atoms with Crippen LogP contribution in [0.5, 0.6) is 0 Å². The van der Waals surface area contributed by atoms with Gasteiger partial charge in [-0.2, -0.15) is 0 Å². The normalized spacial score (nSPS) is 17.3. The van der Waals surface area contributed by atoms with Gasteiger partial charge in [-0.3, -0.25) is 0 Å². The first kappa shape index (κ1) is 13.0. The lowest BCUT2D eigenvalue weighted by atomic mass is 9.96. The van der Waals surface area contributed by atoms with Crippen molar-refractivity contribution in [3.05, 3.63) is 29.3 Å². The second-order valence-electron chi connectivity index (χ2n) is 5.10. The third-order valence-corrected chi connectivity index (χ3v) is 4.78. The largest absolute Gasteiger partial charge is 0.317 e. The van der Waals surface area contributed by atoms with Gasteiger partial charge in [0.2, 0.25) is 0 Å². The molecular formula is C15H23NS. The minimum atomic E-state index is 0.953. The van der Waals surface area contributed by atoms with Crippen molar-refractivity contribution in [2.24, 2.45) is 5.92 Å². The maximum Gasteiger partial charge on any atom is 0.0101 e. The Kier molecular flexibility index (Phi) is 4.93. The highest BCUT2D eigenvalue weighted by atomic mass is 32.2. The zero-order chi connectivity index (χ0) is 12.1. The SMILES string of the molecule is Cc1ccc(SCCC2CCNCC2)c(C)c1. The summed E-state index contributed by atoms with van der Waals surface area (Å²) < 4.78 is 0. The summed E-state index contributed by atoms with van der Waals surface area (Å²) in [5, 5.41) is 3.43. The molecule has 0 aromatic heterocycles. The molecule has 1 saturated heterocycles. The third-order valence-electron chi connectivity index (χ3n) is 3.57. The smallest absolute Gasteiger partial charge is 0.0101 e.